The summed E-state index contributed by atoms with van der Waals surface area (Å²) in [5.41, 5.74) is 1.22. The predicted octanol–water partition coefficient (Wildman–Crippen LogP) is 2.99. The van der Waals surface area contributed by atoms with E-state index in [1.54, 1.807) is 12.1 Å². The lowest BCUT2D eigenvalue weighted by atomic mass is 10.1. The molecule has 2 aromatic carbocycles. The summed E-state index contributed by atoms with van der Waals surface area (Å²) in [5.74, 6) is -0.820. The maximum atomic E-state index is 11.5. The number of thiocarbonyl (C=S) groups is 1. The molecule has 0 spiro atoms. The van der Waals surface area contributed by atoms with Crippen molar-refractivity contribution in [2.45, 2.75) is 0 Å². The third-order valence-electron chi connectivity index (χ3n) is 2.72. The average molecular weight is 302 g/mol. The topological polar surface area (TPSA) is 70.6 Å². The zero-order valence-corrected chi connectivity index (χ0v) is 12.1. The highest BCUT2D eigenvalue weighted by Gasteiger charge is 2.15. The second-order valence-corrected chi connectivity index (χ2v) is 4.55. The predicted molar refractivity (Wildman–Crippen MR) is 85.7 cm³/mol. The van der Waals surface area contributed by atoms with Gasteiger partial charge in [-0.15, -0.1) is 0 Å². The van der Waals surface area contributed by atoms with E-state index in [4.69, 9.17) is 12.2 Å². The van der Waals surface area contributed by atoms with Gasteiger partial charge in [0, 0.05) is 5.69 Å². The third kappa shape index (κ3) is 3.70. The Morgan fingerprint density at radius 1 is 1.10 bits per heavy atom. The van der Waals surface area contributed by atoms with Crippen molar-refractivity contribution >= 4 is 34.7 Å². The van der Waals surface area contributed by atoms with Gasteiger partial charge in [-0.05, 0) is 36.5 Å². The van der Waals surface area contributed by atoms with Crippen LogP contribution in [-0.4, -0.2) is 23.3 Å². The fourth-order valence-corrected chi connectivity index (χ4v) is 1.95. The van der Waals surface area contributed by atoms with Crippen LogP contribution in [0.15, 0.2) is 48.5 Å². The van der Waals surface area contributed by atoms with Gasteiger partial charge in [0.1, 0.15) is 5.56 Å². The molecule has 108 valence electrons. The Morgan fingerprint density at radius 3 is 2.48 bits per heavy atom. The molecule has 0 bridgehead atoms. The fourth-order valence-electron chi connectivity index (χ4n) is 1.73. The van der Waals surface area contributed by atoms with E-state index >= 15 is 0 Å². The smallest absolute Gasteiger partial charge is 0.341 e. The Morgan fingerprint density at radius 2 is 1.81 bits per heavy atom. The highest BCUT2D eigenvalue weighted by Crippen LogP contribution is 2.28. The Hall–Kier alpha value is -2.60. The Labute approximate surface area is 127 Å². The second kappa shape index (κ2) is 6.71. The van der Waals surface area contributed by atoms with Gasteiger partial charge in [0.25, 0.3) is 0 Å². The molecule has 0 heterocycles. The molecule has 0 aliphatic heterocycles. The quantitative estimate of drug-likeness (QED) is 0.460. The number of aromatic hydroxyl groups is 1. The molecule has 0 unspecified atom stereocenters. The van der Waals surface area contributed by atoms with Crippen LogP contribution in [0.5, 0.6) is 5.75 Å². The maximum absolute atomic E-state index is 11.5. The number of hydrogen-bond donors (Lipinski definition) is 3. The lowest BCUT2D eigenvalue weighted by molar-refractivity contribution is 0.0597. The molecule has 0 saturated heterocycles. The molecule has 0 atom stereocenters. The highest BCUT2D eigenvalue weighted by molar-refractivity contribution is 7.80. The van der Waals surface area contributed by atoms with Gasteiger partial charge in [-0.3, -0.25) is 0 Å². The molecule has 5 nitrogen and oxygen atoms in total. The molecule has 3 N–H and O–H groups in total. The van der Waals surface area contributed by atoms with Crippen LogP contribution in [0, 0.1) is 0 Å². The number of ether oxygens (including phenoxy) is 1. The van der Waals surface area contributed by atoms with Crippen molar-refractivity contribution in [2.75, 3.05) is 17.7 Å². The summed E-state index contributed by atoms with van der Waals surface area (Å²) in [7, 11) is 1.25. The summed E-state index contributed by atoms with van der Waals surface area (Å²) >= 11 is 5.17. The first-order valence-electron chi connectivity index (χ1n) is 6.15. The van der Waals surface area contributed by atoms with Crippen LogP contribution < -0.4 is 10.6 Å². The van der Waals surface area contributed by atoms with E-state index in [0.29, 0.717) is 10.8 Å². The molecule has 0 saturated carbocycles. The number of hydrogen-bond acceptors (Lipinski definition) is 4. The van der Waals surface area contributed by atoms with Gasteiger partial charge < -0.3 is 20.5 Å². The van der Waals surface area contributed by atoms with E-state index in [2.05, 4.69) is 15.4 Å². The molecule has 2 rings (SSSR count). The number of para-hydroxylation sites is 2. The van der Waals surface area contributed by atoms with Crippen LogP contribution in [0.1, 0.15) is 10.4 Å². The van der Waals surface area contributed by atoms with Crippen molar-refractivity contribution < 1.29 is 14.6 Å². The van der Waals surface area contributed by atoms with Gasteiger partial charge >= 0.3 is 5.97 Å². The number of rotatable bonds is 3. The molecule has 21 heavy (non-hydrogen) atoms. The molecule has 0 aromatic heterocycles. The monoisotopic (exact) mass is 302 g/mol. The van der Waals surface area contributed by atoms with E-state index < -0.39 is 5.97 Å². The minimum Gasteiger partial charge on any atom is -0.505 e. The number of methoxy groups -OCH3 is 1. The molecule has 0 aliphatic carbocycles. The fraction of sp³-hybridized carbons (Fsp3) is 0.0667. The Kier molecular flexibility index (Phi) is 4.73. The number of carbonyl (C=O) groups is 1. The minimum absolute atomic E-state index is 0.0741. The van der Waals surface area contributed by atoms with Gasteiger partial charge in [0.2, 0.25) is 0 Å². The molecular formula is C15H14N2O3S. The summed E-state index contributed by atoms with van der Waals surface area (Å²) in [6, 6.07) is 14.1. The maximum Gasteiger partial charge on any atom is 0.341 e. The van der Waals surface area contributed by atoms with Gasteiger partial charge in [0.15, 0.2) is 10.9 Å². The van der Waals surface area contributed by atoms with E-state index in [0.717, 1.165) is 5.69 Å². The number of phenols is 1. The van der Waals surface area contributed by atoms with Crippen LogP contribution in [-0.2, 0) is 4.74 Å². The van der Waals surface area contributed by atoms with E-state index in [9.17, 15) is 9.90 Å². The Balaban J connectivity index is 2.13. The van der Waals surface area contributed by atoms with Crippen molar-refractivity contribution in [3.8, 4) is 5.75 Å². The molecule has 0 radical (unpaired) electrons. The van der Waals surface area contributed by atoms with Crippen LogP contribution in [0.4, 0.5) is 11.4 Å². The minimum atomic E-state index is -0.613. The number of nitrogens with one attached hydrogen (secondary N) is 2. The van der Waals surface area contributed by atoms with E-state index in [-0.39, 0.29) is 11.3 Å². The van der Waals surface area contributed by atoms with Crippen molar-refractivity contribution in [3.63, 3.8) is 0 Å². The van der Waals surface area contributed by atoms with Crippen molar-refractivity contribution in [1.82, 2.24) is 0 Å². The summed E-state index contributed by atoms with van der Waals surface area (Å²) in [6.45, 7) is 0. The first-order chi connectivity index (χ1) is 10.1. The van der Waals surface area contributed by atoms with E-state index in [1.165, 1.54) is 13.2 Å². The van der Waals surface area contributed by atoms with Crippen LogP contribution in [0.3, 0.4) is 0 Å². The standard InChI is InChI=1S/C15H14N2O3S/c1-20-14(19)11-8-5-9-12(13(11)18)17-15(21)16-10-6-3-2-4-7-10/h2-9,18H,1H3,(H2,16,17,21). The number of phenolic OH excluding ortho intramolecular Hbond substituents is 1. The van der Waals surface area contributed by atoms with Crippen molar-refractivity contribution in [3.05, 3.63) is 54.1 Å². The van der Waals surface area contributed by atoms with Gasteiger partial charge in [-0.2, -0.15) is 0 Å². The van der Waals surface area contributed by atoms with Crippen molar-refractivity contribution in [1.29, 1.82) is 0 Å². The van der Waals surface area contributed by atoms with E-state index in [1.807, 2.05) is 30.3 Å². The molecule has 0 fully saturated rings. The summed E-state index contributed by atoms with van der Waals surface area (Å²) in [6.07, 6.45) is 0. The summed E-state index contributed by atoms with van der Waals surface area (Å²) in [5, 5.41) is 16.2. The summed E-state index contributed by atoms with van der Waals surface area (Å²) < 4.78 is 4.60. The molecule has 0 aliphatic rings. The highest BCUT2D eigenvalue weighted by atomic mass is 32.1. The van der Waals surface area contributed by atoms with Crippen LogP contribution in [0.25, 0.3) is 0 Å². The zero-order chi connectivity index (χ0) is 15.2. The second-order valence-electron chi connectivity index (χ2n) is 4.14. The largest absolute Gasteiger partial charge is 0.505 e. The normalized spacial score (nSPS) is 9.76. The third-order valence-corrected chi connectivity index (χ3v) is 2.93. The first kappa shape index (κ1) is 14.8. The molecule has 6 heteroatoms. The lowest BCUT2D eigenvalue weighted by Crippen LogP contribution is -2.19. The Bertz CT molecular complexity index is 659. The summed E-state index contributed by atoms with van der Waals surface area (Å²) in [4.78, 5) is 11.5. The first-order valence-corrected chi connectivity index (χ1v) is 6.56. The average Bonchev–Trinajstić information content (AvgIpc) is 2.49. The van der Waals surface area contributed by atoms with Crippen LogP contribution in [0.2, 0.25) is 0 Å². The van der Waals surface area contributed by atoms with Gasteiger partial charge in [-0.25, -0.2) is 4.79 Å². The van der Waals surface area contributed by atoms with Gasteiger partial charge in [0.05, 0.1) is 12.8 Å². The number of carbonyl (C=O) groups excluding carboxylic acids is 1. The number of anilines is 2. The zero-order valence-electron chi connectivity index (χ0n) is 11.3. The van der Waals surface area contributed by atoms with Crippen LogP contribution >= 0.6 is 12.2 Å². The number of benzene rings is 2. The molecule has 2 aromatic rings. The van der Waals surface area contributed by atoms with Crippen molar-refractivity contribution in [2.24, 2.45) is 0 Å². The SMILES string of the molecule is COC(=O)c1cccc(NC(=S)Nc2ccccc2)c1O. The lowest BCUT2D eigenvalue weighted by Gasteiger charge is -2.13. The molecular weight excluding hydrogens is 288 g/mol. The molecule has 0 amide bonds. The number of esters is 1. The van der Waals surface area contributed by atoms with Gasteiger partial charge in [-0.1, -0.05) is 24.3 Å².